The van der Waals surface area contributed by atoms with Gasteiger partial charge in [-0.3, -0.25) is 0 Å². The van der Waals surface area contributed by atoms with E-state index in [1.54, 1.807) is 12.1 Å². The number of hydrogen-bond donors (Lipinski definition) is 0. The van der Waals surface area contributed by atoms with Crippen molar-refractivity contribution in [2.75, 3.05) is 0 Å². The van der Waals surface area contributed by atoms with Crippen LogP contribution in [0.5, 0.6) is 0 Å². The van der Waals surface area contributed by atoms with Gasteiger partial charge < -0.3 is 0 Å². The van der Waals surface area contributed by atoms with Gasteiger partial charge >= 0.3 is 0 Å². The van der Waals surface area contributed by atoms with Crippen molar-refractivity contribution in [3.8, 4) is 11.3 Å². The Morgan fingerprint density at radius 2 is 1.78 bits per heavy atom. The van der Waals surface area contributed by atoms with Crippen molar-refractivity contribution in [1.82, 2.24) is 4.98 Å². The van der Waals surface area contributed by atoms with E-state index in [4.69, 9.17) is 11.6 Å². The zero-order chi connectivity index (χ0) is 12.5. The number of para-hydroxylation sites is 1. The van der Waals surface area contributed by atoms with Gasteiger partial charge in [0.15, 0.2) is 0 Å². The summed E-state index contributed by atoms with van der Waals surface area (Å²) >= 11 is 5.89. The molecule has 0 bridgehead atoms. The summed E-state index contributed by atoms with van der Waals surface area (Å²) < 4.78 is 13.8. The van der Waals surface area contributed by atoms with Gasteiger partial charge in [0, 0.05) is 16.0 Å². The summed E-state index contributed by atoms with van der Waals surface area (Å²) in [7, 11) is 0. The standard InChI is InChI=1S/C15H9ClFN/c16-11-6-7-13(17)12(9-11)15-8-5-10-3-1-2-4-14(10)18-15/h1-9H. The van der Waals surface area contributed by atoms with Crippen LogP contribution in [0.3, 0.4) is 0 Å². The van der Waals surface area contributed by atoms with Crippen molar-refractivity contribution < 1.29 is 4.39 Å². The van der Waals surface area contributed by atoms with E-state index >= 15 is 0 Å². The summed E-state index contributed by atoms with van der Waals surface area (Å²) in [5, 5.41) is 1.53. The van der Waals surface area contributed by atoms with Crippen molar-refractivity contribution >= 4 is 22.5 Å². The summed E-state index contributed by atoms with van der Waals surface area (Å²) in [6.07, 6.45) is 0. The lowest BCUT2D eigenvalue weighted by Gasteiger charge is -2.05. The van der Waals surface area contributed by atoms with E-state index in [0.29, 0.717) is 16.3 Å². The van der Waals surface area contributed by atoms with Crippen LogP contribution in [0.4, 0.5) is 4.39 Å². The number of rotatable bonds is 1. The predicted molar refractivity (Wildman–Crippen MR) is 72.1 cm³/mol. The van der Waals surface area contributed by atoms with Gasteiger partial charge in [-0.25, -0.2) is 9.37 Å². The molecule has 0 aliphatic rings. The van der Waals surface area contributed by atoms with Crippen molar-refractivity contribution in [2.45, 2.75) is 0 Å². The van der Waals surface area contributed by atoms with E-state index in [9.17, 15) is 4.39 Å². The maximum absolute atomic E-state index is 13.8. The summed E-state index contributed by atoms with van der Waals surface area (Å²) in [4.78, 5) is 4.45. The molecule has 3 heteroatoms. The zero-order valence-electron chi connectivity index (χ0n) is 9.40. The van der Waals surface area contributed by atoms with Crippen LogP contribution < -0.4 is 0 Å². The second kappa shape index (κ2) is 4.39. The summed E-state index contributed by atoms with van der Waals surface area (Å²) in [6, 6.07) is 15.9. The van der Waals surface area contributed by atoms with Crippen LogP contribution in [-0.2, 0) is 0 Å². The summed E-state index contributed by atoms with van der Waals surface area (Å²) in [6.45, 7) is 0. The number of fused-ring (bicyclic) bond motifs is 1. The molecule has 0 atom stereocenters. The van der Waals surface area contributed by atoms with E-state index in [2.05, 4.69) is 4.98 Å². The largest absolute Gasteiger partial charge is 0.248 e. The third kappa shape index (κ3) is 1.95. The first-order valence-corrected chi connectivity index (χ1v) is 5.93. The van der Waals surface area contributed by atoms with Gasteiger partial charge in [0.2, 0.25) is 0 Å². The highest BCUT2D eigenvalue weighted by atomic mass is 35.5. The van der Waals surface area contributed by atoms with Crippen LogP contribution in [0.25, 0.3) is 22.2 Å². The molecule has 18 heavy (non-hydrogen) atoms. The fourth-order valence-corrected chi connectivity index (χ4v) is 2.08. The number of halogens is 2. The molecule has 1 aromatic heterocycles. The lowest BCUT2D eigenvalue weighted by atomic mass is 10.1. The van der Waals surface area contributed by atoms with Gasteiger partial charge in [-0.2, -0.15) is 0 Å². The van der Waals surface area contributed by atoms with Crippen molar-refractivity contribution in [2.24, 2.45) is 0 Å². The first-order chi connectivity index (χ1) is 8.74. The van der Waals surface area contributed by atoms with Gasteiger partial charge in [0.05, 0.1) is 11.2 Å². The molecule has 1 heterocycles. The van der Waals surface area contributed by atoms with Gasteiger partial charge in [-0.05, 0) is 30.3 Å². The highest BCUT2D eigenvalue weighted by Crippen LogP contribution is 2.26. The Kier molecular flexibility index (Phi) is 2.73. The molecular formula is C15H9ClFN. The Balaban J connectivity index is 2.22. The average Bonchev–Trinajstić information content (AvgIpc) is 2.41. The SMILES string of the molecule is Fc1ccc(Cl)cc1-c1ccc2ccccc2n1. The second-order valence-electron chi connectivity index (χ2n) is 4.01. The topological polar surface area (TPSA) is 12.9 Å². The van der Waals surface area contributed by atoms with Crippen LogP contribution in [0.15, 0.2) is 54.6 Å². The first-order valence-electron chi connectivity index (χ1n) is 5.55. The predicted octanol–water partition coefficient (Wildman–Crippen LogP) is 4.69. The smallest absolute Gasteiger partial charge is 0.132 e. The zero-order valence-corrected chi connectivity index (χ0v) is 10.2. The van der Waals surface area contributed by atoms with Crippen LogP contribution in [0.2, 0.25) is 5.02 Å². The minimum Gasteiger partial charge on any atom is -0.248 e. The molecule has 88 valence electrons. The minimum absolute atomic E-state index is 0.317. The molecule has 1 nitrogen and oxygen atoms in total. The Hall–Kier alpha value is -1.93. The quantitative estimate of drug-likeness (QED) is 0.616. The molecule has 3 rings (SSSR count). The first kappa shape index (κ1) is 11.2. The Bertz CT molecular complexity index is 725. The van der Waals surface area contributed by atoms with Gasteiger partial charge in [-0.15, -0.1) is 0 Å². The van der Waals surface area contributed by atoms with Crippen LogP contribution in [0, 0.1) is 5.82 Å². The maximum atomic E-state index is 13.8. The molecule has 0 saturated carbocycles. The highest BCUT2D eigenvalue weighted by molar-refractivity contribution is 6.30. The molecule has 3 aromatic rings. The molecular weight excluding hydrogens is 249 g/mol. The van der Waals surface area contributed by atoms with Crippen molar-refractivity contribution in [1.29, 1.82) is 0 Å². The third-order valence-corrected chi connectivity index (χ3v) is 3.04. The van der Waals surface area contributed by atoms with E-state index in [-0.39, 0.29) is 5.82 Å². The van der Waals surface area contributed by atoms with Crippen LogP contribution in [0.1, 0.15) is 0 Å². The third-order valence-electron chi connectivity index (χ3n) is 2.80. The Morgan fingerprint density at radius 1 is 0.944 bits per heavy atom. The summed E-state index contributed by atoms with van der Waals surface area (Å²) in [5.41, 5.74) is 1.86. The number of benzene rings is 2. The average molecular weight is 258 g/mol. The lowest BCUT2D eigenvalue weighted by Crippen LogP contribution is -1.88. The minimum atomic E-state index is -0.317. The molecule has 0 spiro atoms. The van der Waals surface area contributed by atoms with Crippen LogP contribution in [-0.4, -0.2) is 4.98 Å². The molecule has 2 aromatic carbocycles. The second-order valence-corrected chi connectivity index (χ2v) is 4.45. The molecule has 0 amide bonds. The fourth-order valence-electron chi connectivity index (χ4n) is 1.91. The molecule has 0 aliphatic heterocycles. The maximum Gasteiger partial charge on any atom is 0.132 e. The number of pyridine rings is 1. The van der Waals surface area contributed by atoms with E-state index in [0.717, 1.165) is 10.9 Å². The van der Waals surface area contributed by atoms with Gasteiger partial charge in [-0.1, -0.05) is 35.9 Å². The highest BCUT2D eigenvalue weighted by Gasteiger charge is 2.07. The molecule has 0 saturated heterocycles. The molecule has 0 N–H and O–H groups in total. The van der Waals surface area contributed by atoms with Gasteiger partial charge in [0.25, 0.3) is 0 Å². The van der Waals surface area contributed by atoms with Gasteiger partial charge in [0.1, 0.15) is 5.82 Å². The van der Waals surface area contributed by atoms with Crippen molar-refractivity contribution in [3.05, 3.63) is 65.4 Å². The molecule has 0 unspecified atom stereocenters. The van der Waals surface area contributed by atoms with Crippen molar-refractivity contribution in [3.63, 3.8) is 0 Å². The molecule has 0 radical (unpaired) electrons. The number of aromatic nitrogens is 1. The molecule has 0 fully saturated rings. The van der Waals surface area contributed by atoms with E-state index in [1.807, 2.05) is 30.3 Å². The monoisotopic (exact) mass is 257 g/mol. The van der Waals surface area contributed by atoms with E-state index in [1.165, 1.54) is 12.1 Å². The normalized spacial score (nSPS) is 10.8. The van der Waals surface area contributed by atoms with Crippen LogP contribution >= 0.6 is 11.6 Å². The fraction of sp³-hybridized carbons (Fsp3) is 0. The summed E-state index contributed by atoms with van der Waals surface area (Å²) in [5.74, 6) is -0.317. The Labute approximate surface area is 109 Å². The van der Waals surface area contributed by atoms with E-state index < -0.39 is 0 Å². The number of nitrogens with zero attached hydrogens (tertiary/aromatic N) is 1. The molecule has 0 aliphatic carbocycles. The Morgan fingerprint density at radius 3 is 2.67 bits per heavy atom. The number of hydrogen-bond acceptors (Lipinski definition) is 1. The lowest BCUT2D eigenvalue weighted by molar-refractivity contribution is 0.631.